The minimum Gasteiger partial charge on any atom is -0.427 e. The lowest BCUT2D eigenvalue weighted by Gasteiger charge is -2.31. The molecule has 1 aliphatic heterocycles. The Morgan fingerprint density at radius 3 is 2.95 bits per heavy atom. The first-order chi connectivity index (χ1) is 8.94. The second-order valence-corrected chi connectivity index (χ2v) is 4.18. The fourth-order valence-electron chi connectivity index (χ4n) is 1.21. The van der Waals surface area contributed by atoms with Crippen LogP contribution in [0.25, 0.3) is 0 Å². The van der Waals surface area contributed by atoms with E-state index in [1.54, 1.807) is 19.9 Å². The van der Waals surface area contributed by atoms with Crippen molar-refractivity contribution in [3.05, 3.63) is 36.7 Å². The predicted octanol–water partition coefficient (Wildman–Crippen LogP) is 2.56. The molecule has 6 heteroatoms. The van der Waals surface area contributed by atoms with Gasteiger partial charge < -0.3 is 9.47 Å². The maximum Gasteiger partial charge on any atom is 0.369 e. The molecule has 5 nitrogen and oxygen atoms in total. The molecule has 1 fully saturated rings. The summed E-state index contributed by atoms with van der Waals surface area (Å²) in [7, 11) is 0. The average molecular weight is 272 g/mol. The molecule has 0 bridgehead atoms. The van der Waals surface area contributed by atoms with Crippen LogP contribution in [0.5, 0.6) is 0 Å². The summed E-state index contributed by atoms with van der Waals surface area (Å²) in [6.07, 6.45) is 4.62. The number of halogens is 1. The first-order valence-corrected chi connectivity index (χ1v) is 5.78. The van der Waals surface area contributed by atoms with Crippen LogP contribution in [0.1, 0.15) is 20.3 Å². The zero-order chi connectivity index (χ0) is 14.3. The van der Waals surface area contributed by atoms with E-state index >= 15 is 0 Å². The van der Waals surface area contributed by atoms with Crippen molar-refractivity contribution < 1.29 is 28.4 Å². The number of hydrogen-bond donors (Lipinski definition) is 0. The monoisotopic (exact) mass is 272 g/mol. The SMILES string of the molecule is C=C/C=C(F)\C=C/CCOC1OOC(C)(C)OC1=O. The quantitative estimate of drug-likeness (QED) is 0.322. The number of carbonyl (C=O) groups is 1. The predicted molar refractivity (Wildman–Crippen MR) is 65.2 cm³/mol. The van der Waals surface area contributed by atoms with Gasteiger partial charge in [-0.3, -0.25) is 0 Å². The molecule has 1 atom stereocenters. The molecule has 0 aromatic carbocycles. The molecular formula is C13H17FO5. The highest BCUT2D eigenvalue weighted by atomic mass is 19.1. The van der Waals surface area contributed by atoms with Crippen LogP contribution in [0.15, 0.2) is 36.7 Å². The van der Waals surface area contributed by atoms with Crippen molar-refractivity contribution in [3.8, 4) is 0 Å². The fraction of sp³-hybridized carbons (Fsp3) is 0.462. The summed E-state index contributed by atoms with van der Waals surface area (Å²) in [4.78, 5) is 21.0. The number of allylic oxidation sites excluding steroid dienone is 4. The Morgan fingerprint density at radius 2 is 2.32 bits per heavy atom. The standard InChI is InChI=1S/C13H17FO5/c1-4-7-10(14)8-5-6-9-16-12-11(15)17-13(2,3)19-18-12/h4-5,7-8,12H,1,6,9H2,2-3H3/b8-5-,10-7+. The fourth-order valence-corrected chi connectivity index (χ4v) is 1.21. The molecule has 106 valence electrons. The van der Waals surface area contributed by atoms with E-state index in [2.05, 4.69) is 6.58 Å². The lowest BCUT2D eigenvalue weighted by Crippen LogP contribution is -2.45. The molecule has 0 spiro atoms. The number of hydrogen-bond acceptors (Lipinski definition) is 5. The number of ether oxygens (including phenoxy) is 2. The molecule has 0 radical (unpaired) electrons. The van der Waals surface area contributed by atoms with Crippen LogP contribution in [-0.4, -0.2) is 24.7 Å². The first-order valence-electron chi connectivity index (χ1n) is 5.78. The summed E-state index contributed by atoms with van der Waals surface area (Å²) in [5, 5.41) is 0. The molecule has 0 aromatic rings. The number of cyclic esters (lactones) is 1. The van der Waals surface area contributed by atoms with E-state index in [-0.39, 0.29) is 6.61 Å². The highest BCUT2D eigenvalue weighted by Gasteiger charge is 2.38. The molecule has 0 saturated carbocycles. The van der Waals surface area contributed by atoms with Crippen molar-refractivity contribution in [2.75, 3.05) is 6.61 Å². The van der Waals surface area contributed by atoms with Gasteiger partial charge in [-0.25, -0.2) is 9.18 Å². The molecule has 1 saturated heterocycles. The number of esters is 1. The molecule has 1 rings (SSSR count). The highest BCUT2D eigenvalue weighted by Crippen LogP contribution is 2.20. The van der Waals surface area contributed by atoms with Gasteiger partial charge in [-0.1, -0.05) is 18.7 Å². The van der Waals surface area contributed by atoms with Gasteiger partial charge in [0.05, 0.1) is 6.61 Å². The van der Waals surface area contributed by atoms with Crippen LogP contribution in [-0.2, 0) is 24.0 Å². The maximum absolute atomic E-state index is 12.9. The third-order valence-electron chi connectivity index (χ3n) is 1.98. The van der Waals surface area contributed by atoms with E-state index in [4.69, 9.17) is 19.2 Å². The van der Waals surface area contributed by atoms with Crippen molar-refractivity contribution in [3.63, 3.8) is 0 Å². The Hall–Kier alpha value is -1.50. The Morgan fingerprint density at radius 1 is 1.58 bits per heavy atom. The Bertz CT molecular complexity index is 386. The van der Waals surface area contributed by atoms with Gasteiger partial charge >= 0.3 is 5.97 Å². The first kappa shape index (κ1) is 15.6. The van der Waals surface area contributed by atoms with E-state index in [0.717, 1.165) is 0 Å². The number of carbonyl (C=O) groups excluding carboxylic acids is 1. The van der Waals surface area contributed by atoms with Gasteiger partial charge in [-0.05, 0) is 18.6 Å². The lowest BCUT2D eigenvalue weighted by atomic mass is 10.3. The number of rotatable bonds is 6. The van der Waals surface area contributed by atoms with Crippen LogP contribution >= 0.6 is 0 Å². The summed E-state index contributed by atoms with van der Waals surface area (Å²) in [6.45, 7) is 6.62. The summed E-state index contributed by atoms with van der Waals surface area (Å²) in [5.41, 5.74) is 0. The van der Waals surface area contributed by atoms with Crippen LogP contribution in [0, 0.1) is 0 Å². The van der Waals surface area contributed by atoms with E-state index in [0.29, 0.717) is 6.42 Å². The summed E-state index contributed by atoms with van der Waals surface area (Å²) in [6, 6.07) is 0. The minimum atomic E-state index is -1.21. The summed E-state index contributed by atoms with van der Waals surface area (Å²) < 4.78 is 22.9. The zero-order valence-electron chi connectivity index (χ0n) is 10.9. The van der Waals surface area contributed by atoms with Crippen molar-refractivity contribution in [1.29, 1.82) is 0 Å². The van der Waals surface area contributed by atoms with Crippen molar-refractivity contribution >= 4 is 5.97 Å². The molecule has 1 unspecified atom stereocenters. The molecule has 1 aliphatic rings. The molecule has 0 aromatic heterocycles. The van der Waals surface area contributed by atoms with Crippen LogP contribution < -0.4 is 0 Å². The highest BCUT2D eigenvalue weighted by molar-refractivity contribution is 5.73. The second kappa shape index (κ2) is 7.18. The Balaban J connectivity index is 2.25. The van der Waals surface area contributed by atoms with Gasteiger partial charge in [0, 0.05) is 13.8 Å². The molecule has 0 N–H and O–H groups in total. The van der Waals surface area contributed by atoms with Crippen molar-refractivity contribution in [2.45, 2.75) is 32.3 Å². The third-order valence-corrected chi connectivity index (χ3v) is 1.98. The second-order valence-electron chi connectivity index (χ2n) is 4.18. The Labute approximate surface area is 111 Å². The van der Waals surface area contributed by atoms with Crippen LogP contribution in [0.3, 0.4) is 0 Å². The smallest absolute Gasteiger partial charge is 0.369 e. The van der Waals surface area contributed by atoms with E-state index in [1.807, 2.05) is 0 Å². The minimum absolute atomic E-state index is 0.168. The van der Waals surface area contributed by atoms with Gasteiger partial charge in [0.2, 0.25) is 5.79 Å². The van der Waals surface area contributed by atoms with Gasteiger partial charge in [-0.15, -0.1) is 0 Å². The van der Waals surface area contributed by atoms with E-state index < -0.39 is 23.9 Å². The van der Waals surface area contributed by atoms with Crippen LogP contribution in [0.2, 0.25) is 0 Å². The molecule has 0 amide bonds. The topological polar surface area (TPSA) is 54.0 Å². The molecule has 1 heterocycles. The van der Waals surface area contributed by atoms with Gasteiger partial charge in [0.1, 0.15) is 5.83 Å². The molecule has 0 aliphatic carbocycles. The summed E-state index contributed by atoms with van der Waals surface area (Å²) in [5.74, 6) is -2.18. The summed E-state index contributed by atoms with van der Waals surface area (Å²) >= 11 is 0. The normalized spacial score (nSPS) is 23.4. The van der Waals surface area contributed by atoms with E-state index in [1.165, 1.54) is 18.2 Å². The molecular weight excluding hydrogens is 255 g/mol. The van der Waals surface area contributed by atoms with Crippen molar-refractivity contribution in [2.24, 2.45) is 0 Å². The van der Waals surface area contributed by atoms with Gasteiger partial charge in [-0.2, -0.15) is 9.78 Å². The third kappa shape index (κ3) is 5.78. The lowest BCUT2D eigenvalue weighted by molar-refractivity contribution is -0.478. The maximum atomic E-state index is 12.9. The van der Waals surface area contributed by atoms with Crippen LogP contribution in [0.4, 0.5) is 4.39 Å². The van der Waals surface area contributed by atoms with E-state index in [9.17, 15) is 9.18 Å². The zero-order valence-corrected chi connectivity index (χ0v) is 10.9. The van der Waals surface area contributed by atoms with Gasteiger partial charge in [0.15, 0.2) is 0 Å². The van der Waals surface area contributed by atoms with Crippen molar-refractivity contribution in [1.82, 2.24) is 0 Å². The Kier molecular flexibility index (Phi) is 5.88. The largest absolute Gasteiger partial charge is 0.427 e. The average Bonchev–Trinajstić information content (AvgIpc) is 2.31. The van der Waals surface area contributed by atoms with Gasteiger partial charge in [0.25, 0.3) is 6.29 Å². The molecule has 19 heavy (non-hydrogen) atoms.